The van der Waals surface area contributed by atoms with Crippen LogP contribution in [0.4, 0.5) is 11.4 Å². The zero-order chi connectivity index (χ0) is 28.5. The number of aliphatic hydroxyl groups is 1. The Morgan fingerprint density at radius 1 is 1.00 bits per heavy atom. The van der Waals surface area contributed by atoms with E-state index < -0.39 is 29.1 Å². The highest BCUT2D eigenvalue weighted by molar-refractivity contribution is 6.05. The van der Waals surface area contributed by atoms with E-state index in [-0.39, 0.29) is 30.9 Å². The molecular formula is C30H37N3O7. The molecule has 3 saturated heterocycles. The molecule has 3 amide bonds. The van der Waals surface area contributed by atoms with Crippen molar-refractivity contribution in [2.75, 3.05) is 37.5 Å². The molecule has 2 unspecified atom stereocenters. The number of ether oxygens (including phenoxy) is 3. The van der Waals surface area contributed by atoms with Gasteiger partial charge in [0.15, 0.2) is 0 Å². The van der Waals surface area contributed by atoms with Gasteiger partial charge in [-0.05, 0) is 81.1 Å². The minimum Gasteiger partial charge on any atom is -0.497 e. The topological polar surface area (TPSA) is 126 Å². The standard InChI is InChI=1S/C30H37N3O7/c1-4-29-15-16-30(40-29)24(23(29)26(35)31-19-9-13-22(14-10-19)39-5-2)28(37)33(17-6-18-34)25(30)27(36)32-20-7-11-21(38-3)12-8-20/h7-14,23-25,34H,4-6,15-18H2,1-3H3,(H,31,35)(H,32,36)/t23-,24-,25?,29+,30?/m0/s1. The smallest absolute Gasteiger partial charge is 0.250 e. The highest BCUT2D eigenvalue weighted by atomic mass is 16.5. The number of rotatable bonds is 11. The molecule has 1 spiro atoms. The molecule has 0 radical (unpaired) electrons. The van der Waals surface area contributed by atoms with Gasteiger partial charge in [-0.2, -0.15) is 0 Å². The van der Waals surface area contributed by atoms with Crippen molar-refractivity contribution < 1.29 is 33.7 Å². The van der Waals surface area contributed by atoms with Crippen molar-refractivity contribution in [3.05, 3.63) is 48.5 Å². The normalized spacial score (nSPS) is 28.4. The van der Waals surface area contributed by atoms with Gasteiger partial charge in [0.05, 0.1) is 31.2 Å². The minimum atomic E-state index is -1.14. The van der Waals surface area contributed by atoms with Gasteiger partial charge in [0.25, 0.3) is 0 Å². The Morgan fingerprint density at radius 3 is 2.20 bits per heavy atom. The summed E-state index contributed by atoms with van der Waals surface area (Å²) in [5, 5.41) is 15.5. The van der Waals surface area contributed by atoms with Gasteiger partial charge in [-0.15, -0.1) is 0 Å². The Balaban J connectivity index is 1.46. The summed E-state index contributed by atoms with van der Waals surface area (Å²) in [6, 6.07) is 13.1. The predicted octanol–water partition coefficient (Wildman–Crippen LogP) is 3.21. The van der Waals surface area contributed by atoms with Gasteiger partial charge in [-0.3, -0.25) is 14.4 Å². The summed E-state index contributed by atoms with van der Waals surface area (Å²) in [7, 11) is 1.57. The first-order valence-corrected chi connectivity index (χ1v) is 13.9. The summed E-state index contributed by atoms with van der Waals surface area (Å²) in [5.41, 5.74) is -0.840. The molecule has 0 saturated carbocycles. The molecule has 3 aliphatic heterocycles. The van der Waals surface area contributed by atoms with E-state index in [1.807, 2.05) is 13.8 Å². The molecule has 3 aliphatic rings. The molecule has 3 N–H and O–H groups in total. The number of benzene rings is 2. The molecule has 10 heteroatoms. The van der Waals surface area contributed by atoms with Gasteiger partial charge in [-0.1, -0.05) is 6.92 Å². The second-order valence-electron chi connectivity index (χ2n) is 10.6. The summed E-state index contributed by atoms with van der Waals surface area (Å²) in [5.74, 6) is -1.19. The molecule has 3 heterocycles. The second kappa shape index (κ2) is 11.1. The third-order valence-corrected chi connectivity index (χ3v) is 8.56. The molecule has 2 bridgehead atoms. The first kappa shape index (κ1) is 27.9. The number of carbonyl (C=O) groups is 3. The van der Waals surface area contributed by atoms with E-state index in [1.165, 1.54) is 4.90 Å². The molecule has 2 aromatic rings. The fourth-order valence-corrected chi connectivity index (χ4v) is 6.80. The zero-order valence-corrected chi connectivity index (χ0v) is 23.1. The van der Waals surface area contributed by atoms with Crippen molar-refractivity contribution in [3.63, 3.8) is 0 Å². The highest BCUT2D eigenvalue weighted by Crippen LogP contribution is 2.64. The van der Waals surface area contributed by atoms with Crippen LogP contribution in [-0.2, 0) is 19.1 Å². The van der Waals surface area contributed by atoms with E-state index in [2.05, 4.69) is 10.6 Å². The van der Waals surface area contributed by atoms with Gasteiger partial charge >= 0.3 is 0 Å². The van der Waals surface area contributed by atoms with Crippen LogP contribution in [0.3, 0.4) is 0 Å². The Bertz CT molecular complexity index is 1250. The first-order chi connectivity index (χ1) is 19.3. The number of methoxy groups -OCH3 is 1. The van der Waals surface area contributed by atoms with E-state index in [4.69, 9.17) is 14.2 Å². The molecule has 2 aromatic carbocycles. The number of nitrogens with one attached hydrogen (secondary N) is 2. The van der Waals surface area contributed by atoms with E-state index in [0.29, 0.717) is 55.2 Å². The summed E-state index contributed by atoms with van der Waals surface area (Å²) < 4.78 is 17.5. The van der Waals surface area contributed by atoms with Gasteiger partial charge in [-0.25, -0.2) is 0 Å². The summed E-state index contributed by atoms with van der Waals surface area (Å²) in [6.07, 6.45) is 1.89. The van der Waals surface area contributed by atoms with E-state index in [9.17, 15) is 19.5 Å². The van der Waals surface area contributed by atoms with Crippen molar-refractivity contribution in [2.24, 2.45) is 11.8 Å². The fraction of sp³-hybridized carbons (Fsp3) is 0.500. The van der Waals surface area contributed by atoms with Crippen LogP contribution in [-0.4, -0.2) is 71.8 Å². The number of aliphatic hydroxyl groups excluding tert-OH is 1. The first-order valence-electron chi connectivity index (χ1n) is 13.9. The lowest BCUT2D eigenvalue weighted by Crippen LogP contribution is -2.53. The number of hydrogen-bond acceptors (Lipinski definition) is 7. The maximum Gasteiger partial charge on any atom is 0.250 e. The van der Waals surface area contributed by atoms with Gasteiger partial charge in [0.1, 0.15) is 23.1 Å². The molecule has 0 aromatic heterocycles. The van der Waals surface area contributed by atoms with Crippen molar-refractivity contribution in [1.29, 1.82) is 0 Å². The van der Waals surface area contributed by atoms with Crippen LogP contribution >= 0.6 is 0 Å². The van der Waals surface area contributed by atoms with Crippen LogP contribution in [0.2, 0.25) is 0 Å². The van der Waals surface area contributed by atoms with E-state index in [0.717, 1.165) is 0 Å². The zero-order valence-electron chi connectivity index (χ0n) is 23.1. The SMILES string of the molecule is CCOc1ccc(NC(=O)[C@@H]2[C@H]3C(=O)N(CCCO)C(C(=O)Nc4ccc(OC)cc4)C34CC[C@@]2(CC)O4)cc1. The molecule has 3 fully saturated rings. The Labute approximate surface area is 234 Å². The number of nitrogens with zero attached hydrogens (tertiary/aromatic N) is 1. The molecule has 40 heavy (non-hydrogen) atoms. The second-order valence-corrected chi connectivity index (χ2v) is 10.6. The number of hydrogen-bond donors (Lipinski definition) is 3. The Morgan fingerprint density at radius 2 is 1.62 bits per heavy atom. The average molecular weight is 552 g/mol. The maximum atomic E-state index is 14.0. The van der Waals surface area contributed by atoms with Gasteiger partial charge in [0, 0.05) is 24.5 Å². The number of likely N-dealkylation sites (tertiary alicyclic amines) is 1. The maximum absolute atomic E-state index is 14.0. The lowest BCUT2D eigenvalue weighted by atomic mass is 9.65. The number of anilines is 2. The lowest BCUT2D eigenvalue weighted by molar-refractivity contribution is -0.144. The summed E-state index contributed by atoms with van der Waals surface area (Å²) in [6.45, 7) is 4.45. The van der Waals surface area contributed by atoms with Crippen molar-refractivity contribution in [1.82, 2.24) is 4.90 Å². The molecule has 214 valence electrons. The third kappa shape index (κ3) is 4.58. The van der Waals surface area contributed by atoms with Crippen LogP contribution < -0.4 is 20.1 Å². The molecular weight excluding hydrogens is 514 g/mol. The molecule has 5 rings (SSSR count). The third-order valence-electron chi connectivity index (χ3n) is 8.56. The highest BCUT2D eigenvalue weighted by Gasteiger charge is 2.78. The fourth-order valence-electron chi connectivity index (χ4n) is 6.80. The quantitative estimate of drug-likeness (QED) is 0.392. The average Bonchev–Trinajstić information content (AvgIpc) is 3.57. The van der Waals surface area contributed by atoms with Crippen molar-refractivity contribution in [3.8, 4) is 11.5 Å². The minimum absolute atomic E-state index is 0.129. The number of fused-ring (bicyclic) bond motifs is 1. The van der Waals surface area contributed by atoms with E-state index in [1.54, 1.807) is 55.6 Å². The Hall–Kier alpha value is -3.63. The largest absolute Gasteiger partial charge is 0.497 e. The Kier molecular flexibility index (Phi) is 7.74. The van der Waals surface area contributed by atoms with Crippen molar-refractivity contribution in [2.45, 2.75) is 56.8 Å². The monoisotopic (exact) mass is 551 g/mol. The summed E-state index contributed by atoms with van der Waals surface area (Å²) in [4.78, 5) is 43.3. The number of carbonyl (C=O) groups excluding carboxylic acids is 3. The number of amides is 3. The van der Waals surface area contributed by atoms with Crippen LogP contribution in [0.1, 0.15) is 39.5 Å². The van der Waals surface area contributed by atoms with Gasteiger partial charge in [0.2, 0.25) is 17.7 Å². The molecule has 10 nitrogen and oxygen atoms in total. The van der Waals surface area contributed by atoms with Crippen LogP contribution in [0.5, 0.6) is 11.5 Å². The molecule has 0 aliphatic carbocycles. The molecule has 5 atom stereocenters. The lowest BCUT2D eigenvalue weighted by Gasteiger charge is -2.34. The van der Waals surface area contributed by atoms with Crippen LogP contribution in [0.25, 0.3) is 0 Å². The van der Waals surface area contributed by atoms with Crippen LogP contribution in [0, 0.1) is 11.8 Å². The summed E-state index contributed by atoms with van der Waals surface area (Å²) >= 11 is 0. The van der Waals surface area contributed by atoms with Crippen LogP contribution in [0.15, 0.2) is 48.5 Å². The van der Waals surface area contributed by atoms with Crippen molar-refractivity contribution >= 4 is 29.1 Å². The van der Waals surface area contributed by atoms with E-state index >= 15 is 0 Å². The predicted molar refractivity (Wildman–Crippen MR) is 148 cm³/mol. The van der Waals surface area contributed by atoms with Gasteiger partial charge < -0.3 is 34.9 Å².